The fourth-order valence-electron chi connectivity index (χ4n) is 4.75. The van der Waals surface area contributed by atoms with Crippen molar-refractivity contribution in [3.63, 3.8) is 0 Å². The zero-order valence-electron chi connectivity index (χ0n) is 22.4. The van der Waals surface area contributed by atoms with Gasteiger partial charge in [0, 0.05) is 52.4 Å². The second kappa shape index (κ2) is 14.9. The quantitative estimate of drug-likeness (QED) is 0.431. The lowest BCUT2D eigenvalue weighted by Crippen LogP contribution is -2.46. The maximum absolute atomic E-state index is 12.3. The Morgan fingerprint density at radius 2 is 1.08 bits per heavy atom. The molecule has 39 heavy (non-hydrogen) atoms. The van der Waals surface area contributed by atoms with Crippen molar-refractivity contribution >= 4 is 11.4 Å². The highest BCUT2D eigenvalue weighted by molar-refractivity contribution is 5.65. The van der Waals surface area contributed by atoms with Crippen LogP contribution in [-0.4, -0.2) is 98.7 Å². The number of halogens is 4. The van der Waals surface area contributed by atoms with E-state index in [2.05, 4.69) is 33.1 Å². The van der Waals surface area contributed by atoms with Gasteiger partial charge in [0.2, 0.25) is 0 Å². The Morgan fingerprint density at radius 1 is 0.667 bits per heavy atom. The van der Waals surface area contributed by atoms with E-state index in [0.29, 0.717) is 11.4 Å². The summed E-state index contributed by atoms with van der Waals surface area (Å²) >= 11 is 0. The highest BCUT2D eigenvalue weighted by Crippen LogP contribution is 2.38. The van der Waals surface area contributed by atoms with Crippen LogP contribution in [0.5, 0.6) is 23.0 Å². The van der Waals surface area contributed by atoms with Crippen LogP contribution in [-0.2, 0) is 0 Å². The molecular weight excluding hydrogens is 520 g/mol. The molecule has 218 valence electrons. The number of ether oxygens (including phenoxy) is 2. The highest BCUT2D eigenvalue weighted by Gasteiger charge is 2.22. The van der Waals surface area contributed by atoms with Gasteiger partial charge < -0.3 is 34.4 Å². The summed E-state index contributed by atoms with van der Waals surface area (Å²) in [4.78, 5) is 8.64. The third kappa shape index (κ3) is 8.69. The van der Waals surface area contributed by atoms with E-state index in [-0.39, 0.29) is 23.0 Å². The van der Waals surface area contributed by atoms with Gasteiger partial charge in [0.05, 0.1) is 11.4 Å². The van der Waals surface area contributed by atoms with Crippen molar-refractivity contribution in [3.8, 4) is 23.0 Å². The number of phenols is 2. The molecule has 0 saturated carbocycles. The molecule has 2 N–H and O–H groups in total. The number of phenolic OH excluding ortho intramolecular Hbond substituents is 2. The number of alkyl halides is 4. The van der Waals surface area contributed by atoms with E-state index in [4.69, 9.17) is 0 Å². The summed E-state index contributed by atoms with van der Waals surface area (Å²) in [7, 11) is 0. The van der Waals surface area contributed by atoms with E-state index in [1.54, 1.807) is 24.3 Å². The third-order valence-corrected chi connectivity index (χ3v) is 6.80. The van der Waals surface area contributed by atoms with Crippen molar-refractivity contribution in [2.75, 3.05) is 75.2 Å². The number of aromatic hydroxyl groups is 2. The number of anilines is 2. The van der Waals surface area contributed by atoms with Crippen LogP contribution < -0.4 is 19.3 Å². The van der Waals surface area contributed by atoms with Gasteiger partial charge in [-0.2, -0.15) is 17.6 Å². The number of hydrogen-bond acceptors (Lipinski definition) is 8. The largest absolute Gasteiger partial charge is 0.503 e. The summed E-state index contributed by atoms with van der Waals surface area (Å²) in [5.41, 5.74) is 1.10. The van der Waals surface area contributed by atoms with Crippen molar-refractivity contribution in [3.05, 3.63) is 36.4 Å². The van der Waals surface area contributed by atoms with Gasteiger partial charge in [-0.05, 0) is 43.8 Å². The van der Waals surface area contributed by atoms with Crippen LogP contribution in [0.1, 0.15) is 20.3 Å². The molecule has 2 aliphatic rings. The fraction of sp³-hybridized carbons (Fsp3) is 0.556. The standard InChI is InChI=1S/C14H20F2N2O2.C13H18F2N2O2/c1-2-6-17-7-9-18(10-8-17)11-4-3-5-12(13(11)19)20-14(15)16;1-2-16-6-8-17(9-7-16)10-4-3-5-11(12(10)18)19-13(14)15/h3-5,14,19H,2,6-10H2,1H3;3-5,13,18H,2,6-9H2,1H3. The number of para-hydroxylation sites is 2. The summed E-state index contributed by atoms with van der Waals surface area (Å²) in [6.07, 6.45) is 1.11. The molecule has 0 aromatic heterocycles. The smallest absolute Gasteiger partial charge is 0.387 e. The van der Waals surface area contributed by atoms with Crippen LogP contribution in [0.15, 0.2) is 36.4 Å². The van der Waals surface area contributed by atoms with Gasteiger partial charge in [0.25, 0.3) is 0 Å². The van der Waals surface area contributed by atoms with E-state index in [0.717, 1.165) is 71.9 Å². The first-order valence-corrected chi connectivity index (χ1v) is 13.2. The maximum Gasteiger partial charge on any atom is 0.387 e. The lowest BCUT2D eigenvalue weighted by molar-refractivity contribution is -0.0518. The molecule has 2 aromatic carbocycles. The monoisotopic (exact) mass is 558 g/mol. The lowest BCUT2D eigenvalue weighted by Gasteiger charge is -2.36. The minimum atomic E-state index is -2.93. The van der Waals surface area contributed by atoms with Crippen LogP contribution in [0, 0.1) is 0 Å². The summed E-state index contributed by atoms with van der Waals surface area (Å²) in [5.74, 6) is -0.775. The molecule has 0 atom stereocenters. The summed E-state index contributed by atoms with van der Waals surface area (Å²) in [6, 6.07) is 9.36. The van der Waals surface area contributed by atoms with Crippen LogP contribution in [0.25, 0.3) is 0 Å². The molecule has 0 unspecified atom stereocenters. The predicted octanol–water partition coefficient (Wildman–Crippen LogP) is 4.66. The summed E-state index contributed by atoms with van der Waals surface area (Å²) in [5, 5.41) is 20.0. The first kappa shape index (κ1) is 30.4. The van der Waals surface area contributed by atoms with Gasteiger partial charge in [-0.15, -0.1) is 0 Å². The number of nitrogens with zero attached hydrogens (tertiary/aromatic N) is 4. The van der Waals surface area contributed by atoms with E-state index in [1.807, 2.05) is 9.80 Å². The summed E-state index contributed by atoms with van der Waals surface area (Å²) in [6.45, 7) is 7.12. The van der Waals surface area contributed by atoms with Crippen LogP contribution >= 0.6 is 0 Å². The SMILES string of the molecule is CCCN1CCN(c2cccc(OC(F)F)c2O)CC1.CCN1CCN(c2cccc(OC(F)F)c2O)CC1. The van der Waals surface area contributed by atoms with Crippen molar-refractivity contribution in [1.29, 1.82) is 0 Å². The average molecular weight is 559 g/mol. The molecule has 2 heterocycles. The number of likely N-dealkylation sites (N-methyl/N-ethyl adjacent to an activating group) is 1. The molecule has 0 amide bonds. The Hall–Kier alpha value is -3.12. The van der Waals surface area contributed by atoms with E-state index in [1.165, 1.54) is 12.1 Å². The second-order valence-corrected chi connectivity index (χ2v) is 9.25. The topological polar surface area (TPSA) is 71.9 Å². The Morgan fingerprint density at radius 3 is 1.44 bits per heavy atom. The zero-order chi connectivity index (χ0) is 28.4. The molecule has 2 aromatic rings. The highest BCUT2D eigenvalue weighted by atomic mass is 19.3. The van der Waals surface area contributed by atoms with Crippen LogP contribution in [0.2, 0.25) is 0 Å². The molecule has 0 bridgehead atoms. The summed E-state index contributed by atoms with van der Waals surface area (Å²) < 4.78 is 57.6. The zero-order valence-corrected chi connectivity index (χ0v) is 22.4. The fourth-order valence-corrected chi connectivity index (χ4v) is 4.75. The second-order valence-electron chi connectivity index (χ2n) is 9.25. The Labute approximate surface area is 226 Å². The van der Waals surface area contributed by atoms with Crippen molar-refractivity contribution in [1.82, 2.24) is 9.80 Å². The molecular formula is C27H38F4N4O4. The molecule has 0 aliphatic carbocycles. The van der Waals surface area contributed by atoms with Gasteiger partial charge in [-0.25, -0.2) is 0 Å². The number of piperazine rings is 2. The van der Waals surface area contributed by atoms with Crippen molar-refractivity contribution in [2.45, 2.75) is 33.5 Å². The Balaban J connectivity index is 0.000000216. The Bertz CT molecular complexity index is 1020. The van der Waals surface area contributed by atoms with E-state index >= 15 is 0 Å². The molecule has 0 spiro atoms. The minimum Gasteiger partial charge on any atom is -0.503 e. The van der Waals surface area contributed by atoms with Gasteiger partial charge >= 0.3 is 13.2 Å². The van der Waals surface area contributed by atoms with Gasteiger partial charge in [0.1, 0.15) is 0 Å². The minimum absolute atomic E-state index is 0.173. The molecule has 8 nitrogen and oxygen atoms in total. The molecule has 2 saturated heterocycles. The molecule has 2 aliphatic heterocycles. The van der Waals surface area contributed by atoms with Crippen molar-refractivity contribution in [2.24, 2.45) is 0 Å². The maximum atomic E-state index is 12.3. The molecule has 2 fully saturated rings. The van der Waals surface area contributed by atoms with Gasteiger partial charge in [-0.3, -0.25) is 4.90 Å². The van der Waals surface area contributed by atoms with Gasteiger partial charge in [-0.1, -0.05) is 26.0 Å². The predicted molar refractivity (Wildman–Crippen MR) is 143 cm³/mol. The number of hydrogen-bond donors (Lipinski definition) is 2. The lowest BCUT2D eigenvalue weighted by atomic mass is 10.2. The van der Waals surface area contributed by atoms with Crippen molar-refractivity contribution < 1.29 is 37.2 Å². The third-order valence-electron chi connectivity index (χ3n) is 6.80. The normalized spacial score (nSPS) is 16.8. The first-order valence-electron chi connectivity index (χ1n) is 13.2. The van der Waals surface area contributed by atoms with E-state index < -0.39 is 13.2 Å². The van der Waals surface area contributed by atoms with Gasteiger partial charge in [0.15, 0.2) is 23.0 Å². The van der Waals surface area contributed by atoms with Crippen LogP contribution in [0.4, 0.5) is 28.9 Å². The molecule has 12 heteroatoms. The van der Waals surface area contributed by atoms with Crippen LogP contribution in [0.3, 0.4) is 0 Å². The number of benzene rings is 2. The van der Waals surface area contributed by atoms with E-state index in [9.17, 15) is 27.8 Å². The molecule has 0 radical (unpaired) electrons. The average Bonchev–Trinajstić information content (AvgIpc) is 2.92. The number of rotatable bonds is 9. The Kier molecular flexibility index (Phi) is 11.6. The molecule has 4 rings (SSSR count). The first-order chi connectivity index (χ1) is 18.7.